The lowest BCUT2D eigenvalue weighted by Gasteiger charge is -2.27. The normalized spacial score (nSPS) is 19.1. The number of nitrogens with zero attached hydrogens (tertiary/aromatic N) is 1. The Morgan fingerprint density at radius 3 is 2.33 bits per heavy atom. The lowest BCUT2D eigenvalue weighted by atomic mass is 9.94. The number of ether oxygens (including phenoxy) is 2. The molecule has 30 heavy (non-hydrogen) atoms. The molecule has 0 radical (unpaired) electrons. The molecule has 1 saturated heterocycles. The van der Waals surface area contributed by atoms with Crippen LogP contribution < -0.4 is 9.47 Å². The number of aryl methyl sites for hydroxylation is 1. The van der Waals surface area contributed by atoms with E-state index in [1.165, 1.54) is 26.0 Å². The summed E-state index contributed by atoms with van der Waals surface area (Å²) in [4.78, 5) is 27.0. The standard InChI is InChI=1S/C23H25NO6/c1-13-5-7-15(8-6-13)21(26)19-20(24(12-14(2)25)23(28)22(19)27)17-11-16(29-3)9-10-18(17)30-4/h5-11,14,20,25-26H,12H2,1-4H3/t14-,20-/m1/s1. The molecule has 7 heteroatoms. The molecule has 158 valence electrons. The third-order valence-corrected chi connectivity index (χ3v) is 5.06. The Bertz CT molecular complexity index is 993. The van der Waals surface area contributed by atoms with E-state index in [2.05, 4.69) is 0 Å². The molecule has 7 nitrogen and oxygen atoms in total. The Balaban J connectivity index is 2.27. The Labute approximate surface area is 175 Å². The molecule has 1 fully saturated rings. The summed E-state index contributed by atoms with van der Waals surface area (Å²) >= 11 is 0. The van der Waals surface area contributed by atoms with Crippen molar-refractivity contribution < 1.29 is 29.3 Å². The highest BCUT2D eigenvalue weighted by Gasteiger charge is 2.47. The number of hydrogen-bond donors (Lipinski definition) is 2. The Kier molecular flexibility index (Phi) is 6.12. The topological polar surface area (TPSA) is 96.3 Å². The van der Waals surface area contributed by atoms with Gasteiger partial charge in [-0.3, -0.25) is 9.59 Å². The number of aliphatic hydroxyl groups excluding tert-OH is 2. The number of ketones is 1. The Hall–Kier alpha value is -3.32. The summed E-state index contributed by atoms with van der Waals surface area (Å²) in [7, 11) is 2.98. The van der Waals surface area contributed by atoms with Gasteiger partial charge in [0.2, 0.25) is 0 Å². The highest BCUT2D eigenvalue weighted by atomic mass is 16.5. The molecule has 1 aliphatic rings. The largest absolute Gasteiger partial charge is 0.507 e. The van der Waals surface area contributed by atoms with Crippen LogP contribution in [0.15, 0.2) is 48.0 Å². The monoisotopic (exact) mass is 411 g/mol. The average molecular weight is 411 g/mol. The van der Waals surface area contributed by atoms with Crippen LogP contribution in [0.5, 0.6) is 11.5 Å². The molecule has 0 aliphatic carbocycles. The maximum absolute atomic E-state index is 13.0. The third kappa shape index (κ3) is 3.89. The summed E-state index contributed by atoms with van der Waals surface area (Å²) in [5.41, 5.74) is 1.83. The van der Waals surface area contributed by atoms with Gasteiger partial charge in [-0.25, -0.2) is 0 Å². The zero-order valence-electron chi connectivity index (χ0n) is 17.4. The van der Waals surface area contributed by atoms with Crippen molar-refractivity contribution in [2.75, 3.05) is 20.8 Å². The molecule has 3 rings (SSSR count). The molecule has 1 heterocycles. The van der Waals surface area contributed by atoms with Gasteiger partial charge in [-0.15, -0.1) is 0 Å². The fourth-order valence-electron chi connectivity index (χ4n) is 3.60. The van der Waals surface area contributed by atoms with Crippen LogP contribution in [0.2, 0.25) is 0 Å². The molecular weight excluding hydrogens is 386 g/mol. The van der Waals surface area contributed by atoms with E-state index in [9.17, 15) is 19.8 Å². The van der Waals surface area contributed by atoms with Crippen LogP contribution in [0, 0.1) is 6.92 Å². The van der Waals surface area contributed by atoms with Gasteiger partial charge in [0, 0.05) is 17.7 Å². The van der Waals surface area contributed by atoms with Crippen molar-refractivity contribution in [1.82, 2.24) is 4.90 Å². The minimum Gasteiger partial charge on any atom is -0.507 e. The van der Waals surface area contributed by atoms with Gasteiger partial charge in [0.15, 0.2) is 0 Å². The number of benzene rings is 2. The fraction of sp³-hybridized carbons (Fsp3) is 0.304. The van der Waals surface area contributed by atoms with Crippen molar-refractivity contribution in [3.63, 3.8) is 0 Å². The van der Waals surface area contributed by atoms with Gasteiger partial charge in [0.05, 0.1) is 31.9 Å². The maximum Gasteiger partial charge on any atom is 0.295 e. The first kappa shape index (κ1) is 21.4. The molecule has 1 amide bonds. The molecule has 0 saturated carbocycles. The first-order valence-electron chi connectivity index (χ1n) is 9.54. The number of β-amino-alcohol motifs (C(OH)–C–C–N with tert-alkyl or cyclic N) is 1. The third-order valence-electron chi connectivity index (χ3n) is 5.06. The van der Waals surface area contributed by atoms with E-state index in [4.69, 9.17) is 9.47 Å². The number of aliphatic hydroxyl groups is 2. The van der Waals surface area contributed by atoms with Crippen molar-refractivity contribution in [2.24, 2.45) is 0 Å². The van der Waals surface area contributed by atoms with Crippen LogP contribution in [-0.4, -0.2) is 53.7 Å². The molecule has 0 unspecified atom stereocenters. The predicted octanol–water partition coefficient (Wildman–Crippen LogP) is 2.81. The van der Waals surface area contributed by atoms with Gasteiger partial charge in [-0.05, 0) is 32.0 Å². The minimum absolute atomic E-state index is 0.0592. The molecule has 2 aromatic rings. The van der Waals surface area contributed by atoms with Crippen LogP contribution in [0.4, 0.5) is 0 Å². The molecule has 2 aromatic carbocycles. The predicted molar refractivity (Wildman–Crippen MR) is 111 cm³/mol. The molecule has 2 N–H and O–H groups in total. The second-order valence-corrected chi connectivity index (χ2v) is 7.27. The van der Waals surface area contributed by atoms with E-state index in [1.807, 2.05) is 19.1 Å². The van der Waals surface area contributed by atoms with Crippen LogP contribution in [0.3, 0.4) is 0 Å². The van der Waals surface area contributed by atoms with Crippen LogP contribution in [0.25, 0.3) is 5.76 Å². The number of methoxy groups -OCH3 is 2. The number of Topliss-reactive ketones (excluding diaryl/α,β-unsaturated/α-hetero) is 1. The lowest BCUT2D eigenvalue weighted by Crippen LogP contribution is -2.35. The highest BCUT2D eigenvalue weighted by molar-refractivity contribution is 6.46. The van der Waals surface area contributed by atoms with Gasteiger partial charge in [-0.1, -0.05) is 29.8 Å². The number of rotatable bonds is 6. The number of carbonyl (C=O) groups excluding carboxylic acids is 2. The first-order valence-corrected chi connectivity index (χ1v) is 9.54. The summed E-state index contributed by atoms with van der Waals surface area (Å²) in [5.74, 6) is -0.962. The highest BCUT2D eigenvalue weighted by Crippen LogP contribution is 2.43. The first-order chi connectivity index (χ1) is 14.3. The fourth-order valence-corrected chi connectivity index (χ4v) is 3.60. The van der Waals surface area contributed by atoms with Crippen LogP contribution in [-0.2, 0) is 9.59 Å². The Morgan fingerprint density at radius 1 is 1.10 bits per heavy atom. The quantitative estimate of drug-likeness (QED) is 0.431. The van der Waals surface area contributed by atoms with Gasteiger partial charge in [-0.2, -0.15) is 0 Å². The SMILES string of the molecule is COc1ccc(OC)c([C@@H]2C(=C(O)c3ccc(C)cc3)C(=O)C(=O)N2C[C@@H](C)O)c1. The van der Waals surface area contributed by atoms with Crippen molar-refractivity contribution in [2.45, 2.75) is 26.0 Å². The van der Waals surface area contributed by atoms with Gasteiger partial charge < -0.3 is 24.6 Å². The lowest BCUT2D eigenvalue weighted by molar-refractivity contribution is -0.140. The van der Waals surface area contributed by atoms with Gasteiger partial charge in [0.25, 0.3) is 11.7 Å². The van der Waals surface area contributed by atoms with E-state index in [0.29, 0.717) is 22.6 Å². The summed E-state index contributed by atoms with van der Waals surface area (Å²) < 4.78 is 10.8. The van der Waals surface area contributed by atoms with Crippen molar-refractivity contribution >= 4 is 17.4 Å². The summed E-state index contributed by atoms with van der Waals surface area (Å²) in [5, 5.41) is 21.0. The van der Waals surface area contributed by atoms with E-state index >= 15 is 0 Å². The van der Waals surface area contributed by atoms with E-state index < -0.39 is 23.8 Å². The maximum atomic E-state index is 13.0. The number of hydrogen-bond acceptors (Lipinski definition) is 6. The number of amides is 1. The van der Waals surface area contributed by atoms with Crippen molar-refractivity contribution in [3.05, 3.63) is 64.7 Å². The Morgan fingerprint density at radius 2 is 1.77 bits per heavy atom. The summed E-state index contributed by atoms with van der Waals surface area (Å²) in [6.07, 6.45) is -0.873. The summed E-state index contributed by atoms with van der Waals surface area (Å²) in [6, 6.07) is 11.1. The zero-order chi connectivity index (χ0) is 22.0. The second-order valence-electron chi connectivity index (χ2n) is 7.27. The molecule has 2 atom stereocenters. The van der Waals surface area contributed by atoms with Crippen molar-refractivity contribution in [3.8, 4) is 11.5 Å². The van der Waals surface area contributed by atoms with Crippen LogP contribution in [0.1, 0.15) is 29.7 Å². The average Bonchev–Trinajstić information content (AvgIpc) is 2.97. The van der Waals surface area contributed by atoms with Crippen molar-refractivity contribution in [1.29, 1.82) is 0 Å². The van der Waals surface area contributed by atoms with Gasteiger partial charge in [0.1, 0.15) is 17.3 Å². The van der Waals surface area contributed by atoms with E-state index in [1.54, 1.807) is 30.3 Å². The van der Waals surface area contributed by atoms with E-state index in [0.717, 1.165) is 5.56 Å². The smallest absolute Gasteiger partial charge is 0.295 e. The minimum atomic E-state index is -0.939. The zero-order valence-corrected chi connectivity index (χ0v) is 17.4. The number of carbonyl (C=O) groups is 2. The molecule has 0 spiro atoms. The molecule has 1 aliphatic heterocycles. The number of likely N-dealkylation sites (tertiary alicyclic amines) is 1. The van der Waals surface area contributed by atoms with E-state index in [-0.39, 0.29) is 17.9 Å². The molecular formula is C23H25NO6. The van der Waals surface area contributed by atoms with Crippen LogP contribution >= 0.6 is 0 Å². The second kappa shape index (κ2) is 8.59. The molecule has 0 aromatic heterocycles. The van der Waals surface area contributed by atoms with Gasteiger partial charge >= 0.3 is 0 Å². The summed E-state index contributed by atoms with van der Waals surface area (Å²) in [6.45, 7) is 3.35. The molecule has 0 bridgehead atoms.